The Morgan fingerprint density at radius 3 is 2.79 bits per heavy atom. The molecule has 1 saturated heterocycles. The van der Waals surface area contributed by atoms with Crippen LogP contribution < -0.4 is 5.32 Å². The molecule has 0 bridgehead atoms. The predicted octanol–water partition coefficient (Wildman–Crippen LogP) is 1.92. The Balaban J connectivity index is 1.72. The number of carbonyl (C=O) groups excluding carboxylic acids is 1. The van der Waals surface area contributed by atoms with Crippen molar-refractivity contribution in [3.63, 3.8) is 0 Å². The molecule has 1 aliphatic heterocycles. The van der Waals surface area contributed by atoms with Gasteiger partial charge in [0, 0.05) is 19.2 Å². The van der Waals surface area contributed by atoms with E-state index in [0.717, 1.165) is 24.9 Å². The maximum atomic E-state index is 11.6. The Hall–Kier alpha value is -1.55. The van der Waals surface area contributed by atoms with Crippen LogP contribution in [0.5, 0.6) is 0 Å². The van der Waals surface area contributed by atoms with Gasteiger partial charge >= 0.3 is 5.97 Å². The van der Waals surface area contributed by atoms with Crippen molar-refractivity contribution in [1.29, 1.82) is 0 Å². The van der Waals surface area contributed by atoms with Crippen molar-refractivity contribution in [2.75, 3.05) is 12.4 Å². The summed E-state index contributed by atoms with van der Waals surface area (Å²) >= 11 is 0. The van der Waals surface area contributed by atoms with E-state index < -0.39 is 0 Å². The number of anilines is 1. The van der Waals surface area contributed by atoms with Gasteiger partial charge in [0.1, 0.15) is 12.1 Å². The number of rotatable bonds is 3. The number of benzene rings is 1. The van der Waals surface area contributed by atoms with Gasteiger partial charge < -0.3 is 14.8 Å². The molecule has 4 nitrogen and oxygen atoms in total. The van der Waals surface area contributed by atoms with Gasteiger partial charge in [-0.25, -0.2) is 4.79 Å². The second-order valence-corrected chi connectivity index (χ2v) is 5.43. The highest BCUT2D eigenvalue weighted by atomic mass is 16.6. The maximum absolute atomic E-state index is 11.6. The normalized spacial score (nSPS) is 29.2. The van der Waals surface area contributed by atoms with E-state index in [9.17, 15) is 4.79 Å². The van der Waals surface area contributed by atoms with Gasteiger partial charge in [0.05, 0.1) is 6.10 Å². The van der Waals surface area contributed by atoms with Crippen molar-refractivity contribution in [1.82, 2.24) is 0 Å². The first-order valence-corrected chi connectivity index (χ1v) is 6.77. The maximum Gasteiger partial charge on any atom is 0.328 e. The minimum absolute atomic E-state index is 0.0114. The van der Waals surface area contributed by atoms with Crippen molar-refractivity contribution in [3.05, 3.63) is 29.3 Å². The second-order valence-electron chi connectivity index (χ2n) is 5.43. The van der Waals surface area contributed by atoms with Crippen LogP contribution in [0, 0.1) is 0 Å². The Morgan fingerprint density at radius 1 is 1.32 bits per heavy atom. The lowest BCUT2D eigenvalue weighted by Crippen LogP contribution is -2.24. The summed E-state index contributed by atoms with van der Waals surface area (Å²) in [5, 5.41) is 3.27. The summed E-state index contributed by atoms with van der Waals surface area (Å²) in [5.74, 6) is -0.150. The summed E-state index contributed by atoms with van der Waals surface area (Å²) < 4.78 is 10.6. The van der Waals surface area contributed by atoms with Gasteiger partial charge in [-0.1, -0.05) is 6.07 Å². The van der Waals surface area contributed by atoms with E-state index in [0.29, 0.717) is 6.10 Å². The van der Waals surface area contributed by atoms with Gasteiger partial charge in [-0.2, -0.15) is 0 Å². The van der Waals surface area contributed by atoms with Crippen LogP contribution in [0.1, 0.15) is 24.5 Å². The topological polar surface area (TPSA) is 47.6 Å². The average Bonchev–Trinajstić information content (AvgIpc) is 2.92. The van der Waals surface area contributed by atoms with Crippen LogP contribution in [0.4, 0.5) is 5.69 Å². The lowest BCUT2D eigenvalue weighted by molar-refractivity contribution is -0.141. The smallest absolute Gasteiger partial charge is 0.328 e. The van der Waals surface area contributed by atoms with Gasteiger partial charge in [-0.15, -0.1) is 0 Å². The molecule has 0 spiro atoms. The highest BCUT2D eigenvalue weighted by Gasteiger charge is 2.32. The van der Waals surface area contributed by atoms with Crippen molar-refractivity contribution >= 4 is 11.7 Å². The van der Waals surface area contributed by atoms with Gasteiger partial charge in [-0.3, -0.25) is 0 Å². The monoisotopic (exact) mass is 261 g/mol. The zero-order valence-electron chi connectivity index (χ0n) is 11.3. The van der Waals surface area contributed by atoms with Gasteiger partial charge in [0.25, 0.3) is 0 Å². The van der Waals surface area contributed by atoms with Crippen LogP contribution in [0.25, 0.3) is 0 Å². The quantitative estimate of drug-likeness (QED) is 0.844. The number of methoxy groups -OCH3 is 1. The molecule has 1 aromatic carbocycles. The average molecular weight is 261 g/mol. The van der Waals surface area contributed by atoms with Crippen molar-refractivity contribution < 1.29 is 14.3 Å². The summed E-state index contributed by atoms with van der Waals surface area (Å²) in [7, 11) is 1.76. The minimum atomic E-state index is -0.215. The summed E-state index contributed by atoms with van der Waals surface area (Å²) in [5.41, 5.74) is 3.66. The molecule has 2 aliphatic rings. The van der Waals surface area contributed by atoms with Crippen molar-refractivity contribution in [2.45, 2.75) is 44.4 Å². The lowest BCUT2D eigenvalue weighted by Gasteiger charge is -2.11. The number of fused-ring (bicyclic) bond motifs is 1. The van der Waals surface area contributed by atoms with Crippen LogP contribution in [-0.2, 0) is 27.1 Å². The fourth-order valence-corrected chi connectivity index (χ4v) is 2.91. The van der Waals surface area contributed by atoms with E-state index in [2.05, 4.69) is 17.4 Å². The van der Waals surface area contributed by atoms with E-state index in [1.807, 2.05) is 13.0 Å². The number of hydrogen-bond acceptors (Lipinski definition) is 4. The van der Waals surface area contributed by atoms with Crippen molar-refractivity contribution in [2.24, 2.45) is 0 Å². The summed E-state index contributed by atoms with van der Waals surface area (Å²) in [6.45, 7) is 1.92. The van der Waals surface area contributed by atoms with Crippen LogP contribution in [-0.4, -0.2) is 31.3 Å². The zero-order chi connectivity index (χ0) is 13.4. The van der Waals surface area contributed by atoms with E-state index >= 15 is 0 Å². The highest BCUT2D eigenvalue weighted by molar-refractivity contribution is 5.81. The first kappa shape index (κ1) is 12.5. The molecule has 0 aromatic heterocycles. The van der Waals surface area contributed by atoms with Crippen molar-refractivity contribution in [3.8, 4) is 0 Å². The number of ether oxygens (including phenoxy) is 2. The molecule has 0 amide bonds. The molecule has 3 rings (SSSR count). The van der Waals surface area contributed by atoms with E-state index in [1.54, 1.807) is 7.11 Å². The Kier molecular flexibility index (Phi) is 3.19. The van der Waals surface area contributed by atoms with Crippen LogP contribution in [0.15, 0.2) is 18.2 Å². The second kappa shape index (κ2) is 4.85. The van der Waals surface area contributed by atoms with Crippen LogP contribution in [0.3, 0.4) is 0 Å². The summed E-state index contributed by atoms with van der Waals surface area (Å²) in [6, 6.07) is 6.07. The molecule has 19 heavy (non-hydrogen) atoms. The van der Waals surface area contributed by atoms with Gasteiger partial charge in [0.2, 0.25) is 0 Å². The molecular weight excluding hydrogens is 242 g/mol. The van der Waals surface area contributed by atoms with E-state index in [-0.39, 0.29) is 18.1 Å². The summed E-state index contributed by atoms with van der Waals surface area (Å²) in [4.78, 5) is 11.6. The number of hydrogen-bond donors (Lipinski definition) is 1. The summed E-state index contributed by atoms with van der Waals surface area (Å²) in [6.07, 6.45) is 2.97. The van der Waals surface area contributed by atoms with Crippen LogP contribution >= 0.6 is 0 Å². The third-order valence-corrected chi connectivity index (χ3v) is 3.95. The molecule has 1 aliphatic carbocycles. The molecule has 1 aromatic rings. The molecule has 1 heterocycles. The Morgan fingerprint density at radius 2 is 2.11 bits per heavy atom. The minimum Gasteiger partial charge on any atom is -0.461 e. The van der Waals surface area contributed by atoms with Crippen LogP contribution in [0.2, 0.25) is 0 Å². The first-order valence-electron chi connectivity index (χ1n) is 6.77. The Bertz CT molecular complexity index is 500. The van der Waals surface area contributed by atoms with E-state index in [1.165, 1.54) is 11.1 Å². The lowest BCUT2D eigenvalue weighted by atomic mass is 10.1. The highest BCUT2D eigenvalue weighted by Crippen LogP contribution is 2.28. The predicted molar refractivity (Wildman–Crippen MR) is 72.2 cm³/mol. The fraction of sp³-hybridized carbons (Fsp3) is 0.533. The number of cyclic esters (lactones) is 1. The molecule has 1 fully saturated rings. The van der Waals surface area contributed by atoms with Gasteiger partial charge in [0.15, 0.2) is 0 Å². The third-order valence-electron chi connectivity index (χ3n) is 3.95. The SMILES string of the molecule is COC1Cc2ccc(NC3CC(C)OC3=O)cc2C1. The first-order chi connectivity index (χ1) is 9.15. The molecule has 0 saturated carbocycles. The molecule has 3 atom stereocenters. The zero-order valence-corrected chi connectivity index (χ0v) is 11.3. The Labute approximate surface area is 113 Å². The number of carbonyl (C=O) groups is 1. The van der Waals surface area contributed by atoms with Gasteiger partial charge in [-0.05, 0) is 43.0 Å². The molecule has 0 radical (unpaired) electrons. The number of esters is 1. The molecule has 3 unspecified atom stereocenters. The number of nitrogens with one attached hydrogen (secondary N) is 1. The largest absolute Gasteiger partial charge is 0.461 e. The molecule has 4 heteroatoms. The molecule has 1 N–H and O–H groups in total. The molecular formula is C15H19NO3. The standard InChI is InChI=1S/C15H19NO3/c1-9-5-14(15(17)19-9)16-12-4-3-10-7-13(18-2)8-11(10)6-12/h3-4,6,9,13-14,16H,5,7-8H2,1-2H3. The fourth-order valence-electron chi connectivity index (χ4n) is 2.91. The third kappa shape index (κ3) is 2.45. The van der Waals surface area contributed by atoms with E-state index in [4.69, 9.17) is 9.47 Å². The molecule has 102 valence electrons.